The lowest BCUT2D eigenvalue weighted by Gasteiger charge is -2.36. The number of fused-ring (bicyclic) bond motifs is 5. The lowest BCUT2D eigenvalue weighted by Crippen LogP contribution is -2.33. The number of methoxy groups -OCH3 is 1. The van der Waals surface area contributed by atoms with E-state index >= 15 is 0 Å². The third kappa shape index (κ3) is 3.07. The predicted molar refractivity (Wildman–Crippen MR) is 104 cm³/mol. The molecule has 2 aliphatic carbocycles. The predicted octanol–water partition coefficient (Wildman–Crippen LogP) is 5.24. The van der Waals surface area contributed by atoms with Crippen molar-refractivity contribution in [1.29, 1.82) is 0 Å². The first-order valence-corrected chi connectivity index (χ1v) is 9.69. The molecule has 0 amide bonds. The van der Waals surface area contributed by atoms with E-state index < -0.39 is 40.6 Å². The van der Waals surface area contributed by atoms with Crippen molar-refractivity contribution in [2.24, 2.45) is 5.41 Å². The fourth-order valence-corrected chi connectivity index (χ4v) is 4.90. The van der Waals surface area contributed by atoms with Crippen LogP contribution in [0.4, 0.5) is 13.2 Å². The molecule has 0 heterocycles. The van der Waals surface area contributed by atoms with E-state index in [2.05, 4.69) is 4.74 Å². The molecule has 30 heavy (non-hydrogen) atoms. The summed E-state index contributed by atoms with van der Waals surface area (Å²) in [5, 5.41) is 1.99. The molecule has 4 nitrogen and oxygen atoms in total. The summed E-state index contributed by atoms with van der Waals surface area (Å²) in [5.74, 6) is -2.82. The molecule has 4 rings (SSSR count). The van der Waals surface area contributed by atoms with E-state index in [1.807, 2.05) is 30.3 Å². The van der Waals surface area contributed by atoms with Crippen molar-refractivity contribution in [3.63, 3.8) is 0 Å². The molecule has 158 valence electrons. The van der Waals surface area contributed by atoms with Crippen molar-refractivity contribution in [3.8, 4) is 5.75 Å². The molecule has 2 aromatic carbocycles. The number of ether oxygens (including phenoxy) is 2. The molecule has 0 aliphatic heterocycles. The van der Waals surface area contributed by atoms with Gasteiger partial charge in [-0.15, -0.1) is 0 Å². The van der Waals surface area contributed by atoms with Gasteiger partial charge < -0.3 is 9.47 Å². The van der Waals surface area contributed by atoms with E-state index in [4.69, 9.17) is 4.74 Å². The number of aryl methyl sites for hydroxylation is 1. The summed E-state index contributed by atoms with van der Waals surface area (Å²) in [6, 6.07) is 9.52. The minimum Gasteiger partial charge on any atom is -0.497 e. The number of esters is 1. The van der Waals surface area contributed by atoms with Gasteiger partial charge in [-0.1, -0.05) is 25.1 Å². The van der Waals surface area contributed by atoms with Crippen LogP contribution in [0.1, 0.15) is 43.7 Å². The largest absolute Gasteiger partial charge is 0.497 e. The van der Waals surface area contributed by atoms with E-state index in [0.29, 0.717) is 12.8 Å². The van der Waals surface area contributed by atoms with Crippen LogP contribution in [-0.4, -0.2) is 25.0 Å². The Morgan fingerprint density at radius 2 is 1.93 bits per heavy atom. The molecule has 2 unspecified atom stereocenters. The van der Waals surface area contributed by atoms with Gasteiger partial charge in [-0.3, -0.25) is 9.59 Å². The van der Waals surface area contributed by atoms with Gasteiger partial charge in [0.1, 0.15) is 5.75 Å². The molecule has 7 heteroatoms. The van der Waals surface area contributed by atoms with Crippen LogP contribution in [0.25, 0.3) is 10.8 Å². The van der Waals surface area contributed by atoms with Gasteiger partial charge >= 0.3 is 12.1 Å². The first kappa shape index (κ1) is 20.4. The molecular formula is C23H21F3O4. The summed E-state index contributed by atoms with van der Waals surface area (Å²) in [7, 11) is 1.59. The zero-order valence-electron chi connectivity index (χ0n) is 16.9. The van der Waals surface area contributed by atoms with Crippen LogP contribution in [-0.2, 0) is 20.7 Å². The van der Waals surface area contributed by atoms with E-state index in [0.717, 1.165) is 34.6 Å². The lowest BCUT2D eigenvalue weighted by atomic mass is 9.66. The fourth-order valence-electron chi connectivity index (χ4n) is 4.90. The summed E-state index contributed by atoms with van der Waals surface area (Å²) in [6.07, 6.45) is -4.00. The maximum Gasteiger partial charge on any atom is 0.450 e. The number of carbonyl (C=O) groups is 2. The summed E-state index contributed by atoms with van der Waals surface area (Å²) in [5.41, 5.74) is 0.536. The minimum atomic E-state index is -4.91. The number of carbonyl (C=O) groups excluding carboxylic acids is 2. The molecular weight excluding hydrogens is 397 g/mol. The van der Waals surface area contributed by atoms with Gasteiger partial charge in [-0.05, 0) is 53.3 Å². The van der Waals surface area contributed by atoms with Crippen LogP contribution < -0.4 is 4.74 Å². The van der Waals surface area contributed by atoms with Gasteiger partial charge in [0.15, 0.2) is 5.78 Å². The highest BCUT2D eigenvalue weighted by molar-refractivity contribution is 6.04. The Morgan fingerprint density at radius 1 is 1.20 bits per heavy atom. The molecule has 1 fully saturated rings. The number of halogens is 3. The van der Waals surface area contributed by atoms with Gasteiger partial charge in [0.25, 0.3) is 0 Å². The molecule has 0 saturated heterocycles. The van der Waals surface area contributed by atoms with Crippen molar-refractivity contribution in [3.05, 3.63) is 52.8 Å². The third-order valence-corrected chi connectivity index (χ3v) is 6.39. The molecule has 0 radical (unpaired) electrons. The topological polar surface area (TPSA) is 52.6 Å². The third-order valence-electron chi connectivity index (χ3n) is 6.39. The van der Waals surface area contributed by atoms with Gasteiger partial charge in [-0.2, -0.15) is 13.2 Å². The second-order valence-electron chi connectivity index (χ2n) is 8.12. The zero-order valence-corrected chi connectivity index (χ0v) is 16.9. The van der Waals surface area contributed by atoms with Crippen molar-refractivity contribution in [2.75, 3.05) is 7.11 Å². The Labute approximate surface area is 171 Å². The molecule has 1 saturated carbocycles. The highest BCUT2D eigenvalue weighted by Gasteiger charge is 2.55. The number of benzene rings is 2. The van der Waals surface area contributed by atoms with Crippen LogP contribution in [0.15, 0.2) is 41.7 Å². The minimum absolute atomic E-state index is 0.105. The second-order valence-corrected chi connectivity index (χ2v) is 8.12. The van der Waals surface area contributed by atoms with Crippen LogP contribution in [0.2, 0.25) is 0 Å². The first-order valence-electron chi connectivity index (χ1n) is 9.69. The van der Waals surface area contributed by atoms with Crippen molar-refractivity contribution in [1.82, 2.24) is 0 Å². The van der Waals surface area contributed by atoms with E-state index in [9.17, 15) is 22.8 Å². The van der Waals surface area contributed by atoms with E-state index in [1.54, 1.807) is 14.0 Å². The lowest BCUT2D eigenvalue weighted by molar-refractivity contribution is -0.159. The Morgan fingerprint density at radius 3 is 2.57 bits per heavy atom. The molecule has 2 aliphatic rings. The quantitative estimate of drug-likeness (QED) is 0.380. The Bertz CT molecular complexity index is 1100. The number of rotatable bonds is 2. The summed E-state index contributed by atoms with van der Waals surface area (Å²) < 4.78 is 50.5. The summed E-state index contributed by atoms with van der Waals surface area (Å²) >= 11 is 0. The normalized spacial score (nSPS) is 25.0. The van der Waals surface area contributed by atoms with Crippen LogP contribution in [0.3, 0.4) is 0 Å². The zero-order chi connectivity index (χ0) is 21.8. The Hall–Kier alpha value is -2.83. The molecule has 0 bridgehead atoms. The number of ketones is 1. The SMILES string of the molecule is COc1ccc2c3c(ccc2c1)C1CC(=C(OC(C)=O)C(F)(F)F)C(=O)C1(C)CC3. The monoisotopic (exact) mass is 418 g/mol. The summed E-state index contributed by atoms with van der Waals surface area (Å²) in [4.78, 5) is 24.4. The number of Topliss-reactive ketones (excluding diaryl/α,β-unsaturated/α-hetero) is 1. The summed E-state index contributed by atoms with van der Waals surface area (Å²) in [6.45, 7) is 2.62. The Kier molecular flexibility index (Phi) is 4.67. The number of alkyl halides is 3. The number of hydrogen-bond donors (Lipinski definition) is 0. The molecule has 0 spiro atoms. The van der Waals surface area contributed by atoms with E-state index in [-0.39, 0.29) is 6.42 Å². The van der Waals surface area contributed by atoms with E-state index in [1.165, 1.54) is 0 Å². The maximum absolute atomic E-state index is 13.6. The van der Waals surface area contributed by atoms with Gasteiger partial charge in [0.05, 0.1) is 7.11 Å². The van der Waals surface area contributed by atoms with Crippen LogP contribution in [0.5, 0.6) is 5.75 Å². The fraction of sp³-hybridized carbons (Fsp3) is 0.391. The van der Waals surface area contributed by atoms with Crippen molar-refractivity contribution in [2.45, 2.75) is 45.2 Å². The Balaban J connectivity index is 1.86. The first-order chi connectivity index (χ1) is 14.1. The average molecular weight is 418 g/mol. The molecule has 2 atom stereocenters. The highest BCUT2D eigenvalue weighted by Crippen LogP contribution is 2.57. The van der Waals surface area contributed by atoms with Crippen molar-refractivity contribution < 1.29 is 32.2 Å². The molecule has 2 aromatic rings. The van der Waals surface area contributed by atoms with Crippen molar-refractivity contribution >= 4 is 22.5 Å². The standard InChI is InChI=1S/C23H21F3O4/c1-12(27)30-21(23(24,25)26)18-11-19-17-6-4-13-10-14(29-3)5-7-15(13)16(17)8-9-22(19,2)20(18)28/h4-7,10,19H,8-9,11H2,1-3H3. The maximum atomic E-state index is 13.6. The molecule has 0 N–H and O–H groups in total. The average Bonchev–Trinajstić information content (AvgIpc) is 2.95. The van der Waals surface area contributed by atoms with Crippen LogP contribution >= 0.6 is 0 Å². The van der Waals surface area contributed by atoms with Gasteiger partial charge in [0, 0.05) is 23.8 Å². The highest BCUT2D eigenvalue weighted by atomic mass is 19.4. The molecule has 0 aromatic heterocycles. The van der Waals surface area contributed by atoms with Gasteiger partial charge in [0.2, 0.25) is 5.76 Å². The smallest absolute Gasteiger partial charge is 0.450 e. The van der Waals surface area contributed by atoms with Crippen LogP contribution in [0, 0.1) is 5.41 Å². The second kappa shape index (κ2) is 6.86. The number of allylic oxidation sites excluding steroid dienone is 2. The number of hydrogen-bond acceptors (Lipinski definition) is 4. The van der Waals surface area contributed by atoms with Gasteiger partial charge in [-0.25, -0.2) is 0 Å².